The maximum atomic E-state index is 14.3. The first kappa shape index (κ1) is 29.4. The zero-order chi connectivity index (χ0) is 30.6. The van der Waals surface area contributed by atoms with E-state index in [1.165, 1.54) is 50.5 Å². The molecule has 43 heavy (non-hydrogen) atoms. The van der Waals surface area contributed by atoms with Crippen molar-refractivity contribution < 1.29 is 18.7 Å². The maximum absolute atomic E-state index is 14.3. The minimum atomic E-state index is -1.58. The summed E-state index contributed by atoms with van der Waals surface area (Å²) in [5, 5.41) is 0.315. The molecule has 0 bridgehead atoms. The topological polar surface area (TPSA) is 132 Å². The average Bonchev–Trinajstić information content (AvgIpc) is 3.74. The molecule has 0 saturated heterocycles. The van der Waals surface area contributed by atoms with Crippen molar-refractivity contribution in [1.29, 1.82) is 0 Å². The van der Waals surface area contributed by atoms with Crippen LogP contribution in [0.25, 0.3) is 21.0 Å². The number of hydrogen-bond acceptors (Lipinski definition) is 8. The molecule has 2 aliphatic carbocycles. The second-order valence-corrected chi connectivity index (χ2v) is 13.6. The number of hydrogen-bond donors (Lipinski definition) is 1. The van der Waals surface area contributed by atoms with Gasteiger partial charge in [0.25, 0.3) is 5.56 Å². The van der Waals surface area contributed by atoms with Crippen molar-refractivity contribution in [3.05, 3.63) is 68.7 Å². The number of para-hydroxylation sites is 1. The lowest BCUT2D eigenvalue weighted by atomic mass is 10.0. The molecule has 2 N–H and O–H groups in total. The zero-order valence-corrected chi connectivity index (χ0v) is 26.0. The van der Waals surface area contributed by atoms with E-state index in [4.69, 9.17) is 19.6 Å². The van der Waals surface area contributed by atoms with Crippen LogP contribution in [0.5, 0.6) is 5.75 Å². The fourth-order valence-corrected chi connectivity index (χ4v) is 8.41. The van der Waals surface area contributed by atoms with Gasteiger partial charge in [0.1, 0.15) is 28.5 Å². The Morgan fingerprint density at radius 1 is 1.19 bits per heavy atom. The Bertz CT molecular complexity index is 1770. The maximum Gasteiger partial charge on any atom is 0.333 e. The van der Waals surface area contributed by atoms with Crippen LogP contribution in [0, 0.1) is 24.7 Å². The molecule has 1 amide bonds. The summed E-state index contributed by atoms with van der Waals surface area (Å²) in [6.45, 7) is 7.18. The first-order chi connectivity index (χ1) is 20.5. The smallest absolute Gasteiger partial charge is 0.333 e. The first-order valence-electron chi connectivity index (χ1n) is 14.8. The van der Waals surface area contributed by atoms with Gasteiger partial charge in [0.15, 0.2) is 0 Å². The van der Waals surface area contributed by atoms with Crippen molar-refractivity contribution in [1.82, 2.24) is 14.1 Å². The van der Waals surface area contributed by atoms with E-state index in [0.717, 1.165) is 28.9 Å². The highest BCUT2D eigenvalue weighted by molar-refractivity contribution is 7.22. The van der Waals surface area contributed by atoms with E-state index in [1.807, 2.05) is 24.3 Å². The van der Waals surface area contributed by atoms with Crippen molar-refractivity contribution in [2.24, 2.45) is 23.5 Å². The van der Waals surface area contributed by atoms with Crippen LogP contribution < -0.4 is 21.7 Å². The van der Waals surface area contributed by atoms with E-state index in [-0.39, 0.29) is 12.6 Å². The van der Waals surface area contributed by atoms with Gasteiger partial charge in [0.05, 0.1) is 36.2 Å². The summed E-state index contributed by atoms with van der Waals surface area (Å²) in [6, 6.07) is 7.64. The molecule has 3 unspecified atom stereocenters. The Morgan fingerprint density at radius 3 is 2.51 bits per heavy atom. The molecular weight excluding hydrogens is 568 g/mol. The van der Waals surface area contributed by atoms with E-state index >= 15 is 0 Å². The summed E-state index contributed by atoms with van der Waals surface area (Å²) in [4.78, 5) is 46.2. The standard InChI is InChI=1S/C32H38N4O6S/c1-17-12-19-14-21(15-20(19)13-17)42-24(22-8-6-7-9-23(22)40-5)16-35-29-25(18(2)26(43-29)27-34-10-11-41-27)28(37)36(31(35)39)32(3,4)30(33)38/h6-11,17,19-21,24H,12-16H2,1-5H3,(H2,33,38)/t17?,19-,20+,21?,24?. The predicted molar refractivity (Wildman–Crippen MR) is 164 cm³/mol. The normalized spacial score (nSPS) is 22.6. The van der Waals surface area contributed by atoms with Crippen LogP contribution in [0.15, 0.2) is 50.7 Å². The van der Waals surface area contributed by atoms with E-state index < -0.39 is 28.8 Å². The van der Waals surface area contributed by atoms with Crippen LogP contribution in [0.1, 0.15) is 63.7 Å². The summed E-state index contributed by atoms with van der Waals surface area (Å²) >= 11 is 1.26. The van der Waals surface area contributed by atoms with Crippen molar-refractivity contribution in [3.63, 3.8) is 0 Å². The van der Waals surface area contributed by atoms with Gasteiger partial charge in [0.2, 0.25) is 11.8 Å². The number of nitrogens with zero attached hydrogens (tertiary/aromatic N) is 3. The van der Waals surface area contributed by atoms with Crippen LogP contribution in [-0.2, 0) is 21.6 Å². The molecule has 228 valence electrons. The highest BCUT2D eigenvalue weighted by Gasteiger charge is 2.42. The molecule has 3 aromatic heterocycles. The Morgan fingerprint density at radius 2 is 1.88 bits per heavy atom. The van der Waals surface area contributed by atoms with Gasteiger partial charge in [-0.2, -0.15) is 0 Å². The average molecular weight is 607 g/mol. The number of oxazole rings is 1. The Balaban J connectivity index is 1.52. The van der Waals surface area contributed by atoms with Crippen molar-refractivity contribution in [3.8, 4) is 16.5 Å². The number of ether oxygens (including phenoxy) is 2. The van der Waals surface area contributed by atoms with E-state index in [9.17, 15) is 14.4 Å². The van der Waals surface area contributed by atoms with E-state index in [2.05, 4.69) is 11.9 Å². The SMILES string of the molecule is COc1ccccc1C(Cn1c(=O)n(C(C)(C)C(N)=O)c(=O)c2c(C)c(-c3ncco3)sc21)OC1C[C@H]2CC(C)C[C@H]2C1. The fraction of sp³-hybridized carbons (Fsp3) is 0.500. The summed E-state index contributed by atoms with van der Waals surface area (Å²) in [6.07, 6.45) is 6.85. The Hall–Kier alpha value is -3.70. The number of fused-ring (bicyclic) bond motifs is 2. The third-order valence-corrected chi connectivity index (χ3v) is 10.7. The van der Waals surface area contributed by atoms with Gasteiger partial charge in [-0.25, -0.2) is 14.3 Å². The largest absolute Gasteiger partial charge is 0.496 e. The van der Waals surface area contributed by atoms with Gasteiger partial charge >= 0.3 is 5.69 Å². The Labute approximate surface area is 253 Å². The monoisotopic (exact) mass is 606 g/mol. The lowest BCUT2D eigenvalue weighted by Gasteiger charge is -2.28. The number of rotatable bonds is 9. The molecule has 4 aromatic rings. The molecule has 11 heteroatoms. The molecule has 10 nitrogen and oxygen atoms in total. The highest BCUT2D eigenvalue weighted by Crippen LogP contribution is 2.49. The molecule has 2 aliphatic rings. The third kappa shape index (κ3) is 5.02. The quantitative estimate of drug-likeness (QED) is 0.284. The number of carbonyl (C=O) groups is 1. The van der Waals surface area contributed by atoms with Crippen LogP contribution in [0.3, 0.4) is 0 Å². The molecule has 0 radical (unpaired) electrons. The summed E-state index contributed by atoms with van der Waals surface area (Å²) in [5.74, 6) is 2.24. The van der Waals surface area contributed by atoms with Gasteiger partial charge in [-0.3, -0.25) is 14.2 Å². The molecule has 6 rings (SSSR count). The van der Waals surface area contributed by atoms with E-state index in [0.29, 0.717) is 44.1 Å². The van der Waals surface area contributed by atoms with Crippen molar-refractivity contribution in [2.75, 3.05) is 7.11 Å². The minimum absolute atomic E-state index is 0.0320. The molecule has 2 saturated carbocycles. The molecule has 3 heterocycles. The molecule has 1 aromatic carbocycles. The summed E-state index contributed by atoms with van der Waals surface area (Å²) in [5.41, 5.74) is 4.36. The van der Waals surface area contributed by atoms with Crippen LogP contribution in [0.2, 0.25) is 0 Å². The van der Waals surface area contributed by atoms with Crippen molar-refractivity contribution >= 4 is 27.5 Å². The number of nitrogens with two attached hydrogens (primary N) is 1. The molecule has 0 spiro atoms. The molecular formula is C32H38N4O6S. The number of carbonyl (C=O) groups excluding carboxylic acids is 1. The second kappa shape index (κ2) is 11.1. The van der Waals surface area contributed by atoms with Gasteiger partial charge in [-0.05, 0) is 75.8 Å². The van der Waals surface area contributed by atoms with Crippen LogP contribution in [-0.4, -0.2) is 33.2 Å². The number of benzene rings is 1. The minimum Gasteiger partial charge on any atom is -0.496 e. The lowest BCUT2D eigenvalue weighted by Crippen LogP contribution is -2.54. The molecule has 2 fully saturated rings. The number of primary amides is 1. The molecule has 0 aliphatic heterocycles. The second-order valence-electron chi connectivity index (χ2n) is 12.6. The van der Waals surface area contributed by atoms with Crippen molar-refractivity contribution in [2.45, 2.75) is 77.7 Å². The first-order valence-corrected chi connectivity index (χ1v) is 15.6. The number of aromatic nitrogens is 3. The van der Waals surface area contributed by atoms with Gasteiger partial charge < -0.3 is 19.6 Å². The number of aryl methyl sites for hydroxylation is 1. The number of amides is 1. The zero-order valence-electron chi connectivity index (χ0n) is 25.2. The van der Waals surface area contributed by atoms with Gasteiger partial charge in [-0.15, -0.1) is 11.3 Å². The highest BCUT2D eigenvalue weighted by atomic mass is 32.1. The third-order valence-electron chi connectivity index (χ3n) is 9.40. The lowest BCUT2D eigenvalue weighted by molar-refractivity contribution is -0.125. The van der Waals surface area contributed by atoms with Gasteiger partial charge in [-0.1, -0.05) is 25.1 Å². The predicted octanol–water partition coefficient (Wildman–Crippen LogP) is 5.00. The number of methoxy groups -OCH3 is 1. The fourth-order valence-electron chi connectivity index (χ4n) is 7.17. The number of thiophene rings is 1. The van der Waals surface area contributed by atoms with Crippen LogP contribution >= 0.6 is 11.3 Å². The van der Waals surface area contributed by atoms with Gasteiger partial charge in [0, 0.05) is 5.56 Å². The summed E-state index contributed by atoms with van der Waals surface area (Å²) < 4.78 is 20.7. The molecule has 5 atom stereocenters. The van der Waals surface area contributed by atoms with E-state index in [1.54, 1.807) is 18.6 Å². The van der Waals surface area contributed by atoms with Crippen LogP contribution in [0.4, 0.5) is 0 Å². The summed E-state index contributed by atoms with van der Waals surface area (Å²) in [7, 11) is 1.61. The Kier molecular flexibility index (Phi) is 7.58.